The predicted octanol–water partition coefficient (Wildman–Crippen LogP) is 5.32. The first-order chi connectivity index (χ1) is 13.8. The largest absolute Gasteiger partial charge is 0.456 e. The summed E-state index contributed by atoms with van der Waals surface area (Å²) in [4.78, 5) is 10.5. The molecule has 0 fully saturated rings. The number of nitro groups is 1. The molecule has 2 aromatic rings. The maximum Gasteiger partial charge on any atom is 0.416 e. The number of hydrogen-bond donors (Lipinski definition) is 0. The van der Waals surface area contributed by atoms with E-state index in [1.54, 1.807) is 0 Å². The van der Waals surface area contributed by atoms with Gasteiger partial charge in [0.05, 0.1) is 21.8 Å². The second-order valence-corrected chi connectivity index (χ2v) is 10.4. The summed E-state index contributed by atoms with van der Waals surface area (Å²) in [6.45, 7) is 1.45. The number of nitro benzene ring substituents is 1. The number of alkyl halides is 3. The molecule has 0 aromatic heterocycles. The molecule has 0 aliphatic rings. The van der Waals surface area contributed by atoms with E-state index < -0.39 is 46.0 Å². The van der Waals surface area contributed by atoms with Crippen LogP contribution in [0.2, 0.25) is 5.02 Å². The standard InChI is InChI=1S/C16H15ClF3N2O6PS/c1-3-29(25)22(30(2,26)27)14-9-11(5-6-13(14)21(23)24)28-15-7-4-10(8-12(15)17)16(18,19)20/h4-9,29H,3H2,1-2H3. The molecule has 0 bridgehead atoms. The maximum atomic E-state index is 12.8. The Morgan fingerprint density at radius 1 is 1.23 bits per heavy atom. The van der Waals surface area contributed by atoms with Gasteiger partial charge >= 0.3 is 6.18 Å². The summed E-state index contributed by atoms with van der Waals surface area (Å²) in [6.07, 6.45) is -3.95. The van der Waals surface area contributed by atoms with Crippen molar-refractivity contribution in [2.45, 2.75) is 13.1 Å². The van der Waals surface area contributed by atoms with Gasteiger partial charge in [-0.05, 0) is 24.3 Å². The van der Waals surface area contributed by atoms with E-state index in [-0.39, 0.29) is 22.7 Å². The Labute approximate surface area is 175 Å². The van der Waals surface area contributed by atoms with Crippen molar-refractivity contribution in [2.75, 3.05) is 16.5 Å². The van der Waals surface area contributed by atoms with Crippen molar-refractivity contribution >= 4 is 41.0 Å². The fourth-order valence-corrected chi connectivity index (χ4v) is 5.74. The maximum absolute atomic E-state index is 12.8. The van der Waals surface area contributed by atoms with Crippen LogP contribution in [0, 0.1) is 10.1 Å². The lowest BCUT2D eigenvalue weighted by Crippen LogP contribution is -2.23. The molecule has 14 heteroatoms. The molecule has 0 saturated heterocycles. The Balaban J connectivity index is 2.56. The molecule has 0 heterocycles. The third kappa shape index (κ3) is 5.44. The first-order valence-electron chi connectivity index (χ1n) is 8.12. The molecule has 1 atom stereocenters. The number of nitrogens with zero attached hydrogens (tertiary/aromatic N) is 2. The zero-order valence-electron chi connectivity index (χ0n) is 15.4. The van der Waals surface area contributed by atoms with Gasteiger partial charge in [-0.25, -0.2) is 12.5 Å². The minimum absolute atomic E-state index is 0.0787. The van der Waals surface area contributed by atoms with Gasteiger partial charge in [0.2, 0.25) is 10.0 Å². The summed E-state index contributed by atoms with van der Waals surface area (Å²) >= 11 is 5.83. The van der Waals surface area contributed by atoms with Crippen molar-refractivity contribution in [3.63, 3.8) is 0 Å². The molecule has 0 aliphatic carbocycles. The van der Waals surface area contributed by atoms with Crippen LogP contribution in [0.25, 0.3) is 0 Å². The summed E-state index contributed by atoms with van der Waals surface area (Å²) in [7, 11) is -7.12. The normalized spacial score (nSPS) is 13.0. The lowest BCUT2D eigenvalue weighted by molar-refractivity contribution is -0.384. The summed E-state index contributed by atoms with van der Waals surface area (Å²) < 4.78 is 80.7. The second-order valence-electron chi connectivity index (χ2n) is 5.93. The topological polar surface area (TPSA) is 107 Å². The Morgan fingerprint density at radius 2 is 1.87 bits per heavy atom. The van der Waals surface area contributed by atoms with Crippen LogP contribution in [0.3, 0.4) is 0 Å². The van der Waals surface area contributed by atoms with E-state index in [1.807, 2.05) is 0 Å². The van der Waals surface area contributed by atoms with Crippen LogP contribution in [0.5, 0.6) is 11.5 Å². The highest BCUT2D eigenvalue weighted by Crippen LogP contribution is 2.44. The number of benzene rings is 2. The number of anilines is 1. The molecule has 0 amide bonds. The van der Waals surface area contributed by atoms with Gasteiger partial charge < -0.3 is 9.30 Å². The molecule has 8 nitrogen and oxygen atoms in total. The molecule has 0 spiro atoms. The van der Waals surface area contributed by atoms with Crippen LogP contribution < -0.4 is 8.81 Å². The van der Waals surface area contributed by atoms with Gasteiger partial charge in [0.1, 0.15) is 17.2 Å². The summed E-state index contributed by atoms with van der Waals surface area (Å²) in [5.74, 6) is -0.352. The van der Waals surface area contributed by atoms with Crippen LogP contribution in [-0.2, 0) is 20.8 Å². The first kappa shape index (κ1) is 24.0. The van der Waals surface area contributed by atoms with Gasteiger partial charge in [0.25, 0.3) is 5.69 Å². The Kier molecular flexibility index (Phi) is 7.05. The fourth-order valence-electron chi connectivity index (χ4n) is 2.41. The Hall–Kier alpha value is -2.30. The molecule has 1 unspecified atom stereocenters. The van der Waals surface area contributed by atoms with Gasteiger partial charge in [-0.3, -0.25) is 10.1 Å². The van der Waals surface area contributed by atoms with E-state index in [0.29, 0.717) is 10.1 Å². The molecule has 0 N–H and O–H groups in total. The average Bonchev–Trinajstić information content (AvgIpc) is 2.61. The molecule has 30 heavy (non-hydrogen) atoms. The van der Waals surface area contributed by atoms with Gasteiger partial charge in [-0.15, -0.1) is 0 Å². The highest BCUT2D eigenvalue weighted by molar-refractivity contribution is 7.97. The molecular formula is C16H15ClF3N2O6PS. The van der Waals surface area contributed by atoms with Crippen molar-refractivity contribution in [3.05, 3.63) is 57.1 Å². The highest BCUT2D eigenvalue weighted by Gasteiger charge is 2.32. The minimum atomic E-state index is -4.62. The molecule has 2 aromatic carbocycles. The zero-order chi connectivity index (χ0) is 22.9. The number of rotatable bonds is 7. The second kappa shape index (κ2) is 8.83. The van der Waals surface area contributed by atoms with Gasteiger partial charge in [-0.2, -0.15) is 13.2 Å². The van der Waals surface area contributed by atoms with Crippen molar-refractivity contribution in [2.24, 2.45) is 0 Å². The first-order valence-corrected chi connectivity index (χ1v) is 11.9. The van der Waals surface area contributed by atoms with Gasteiger partial charge in [-0.1, -0.05) is 18.5 Å². The number of ether oxygens (including phenoxy) is 1. The molecular weight excluding hydrogens is 472 g/mol. The van der Waals surface area contributed by atoms with Crippen molar-refractivity contribution in [1.82, 2.24) is 0 Å². The smallest absolute Gasteiger partial charge is 0.416 e. The highest BCUT2D eigenvalue weighted by atomic mass is 35.5. The lowest BCUT2D eigenvalue weighted by atomic mass is 10.2. The van der Waals surface area contributed by atoms with Crippen LogP contribution in [0.1, 0.15) is 12.5 Å². The van der Waals surface area contributed by atoms with Crippen LogP contribution in [-0.4, -0.2) is 25.8 Å². The molecule has 0 aliphatic heterocycles. The van der Waals surface area contributed by atoms with E-state index in [2.05, 4.69) is 0 Å². The van der Waals surface area contributed by atoms with Gasteiger partial charge in [0.15, 0.2) is 7.95 Å². The van der Waals surface area contributed by atoms with E-state index in [9.17, 15) is 36.3 Å². The molecule has 0 saturated carbocycles. The summed E-state index contributed by atoms with van der Waals surface area (Å²) in [6, 6.07) is 5.33. The zero-order valence-corrected chi connectivity index (χ0v) is 18.0. The van der Waals surface area contributed by atoms with E-state index in [0.717, 1.165) is 36.6 Å². The van der Waals surface area contributed by atoms with Crippen LogP contribution in [0.15, 0.2) is 36.4 Å². The quantitative estimate of drug-likeness (QED) is 0.298. The summed E-state index contributed by atoms with van der Waals surface area (Å²) in [5, 5.41) is 11.0. The number of halogens is 4. The van der Waals surface area contributed by atoms with E-state index >= 15 is 0 Å². The molecule has 2 rings (SSSR count). The Bertz CT molecular complexity index is 1110. The van der Waals surface area contributed by atoms with Crippen LogP contribution >= 0.6 is 19.6 Å². The molecule has 164 valence electrons. The van der Waals surface area contributed by atoms with Crippen molar-refractivity contribution in [1.29, 1.82) is 0 Å². The van der Waals surface area contributed by atoms with Gasteiger partial charge in [0, 0.05) is 18.3 Å². The van der Waals surface area contributed by atoms with Crippen LogP contribution in [0.4, 0.5) is 24.5 Å². The monoisotopic (exact) mass is 486 g/mol. The van der Waals surface area contributed by atoms with Crippen molar-refractivity contribution < 1.29 is 35.8 Å². The van der Waals surface area contributed by atoms with E-state index in [4.69, 9.17) is 16.3 Å². The Morgan fingerprint density at radius 3 is 2.33 bits per heavy atom. The molecule has 0 radical (unpaired) electrons. The third-order valence-corrected chi connectivity index (χ3v) is 7.77. The van der Waals surface area contributed by atoms with E-state index in [1.165, 1.54) is 6.92 Å². The van der Waals surface area contributed by atoms with Crippen molar-refractivity contribution in [3.8, 4) is 11.5 Å². The SMILES string of the molecule is CC[PH](=O)N(c1cc(Oc2ccc(C(F)(F)F)cc2Cl)ccc1[N+](=O)[O-])S(C)(=O)=O. The number of sulfonamides is 1. The minimum Gasteiger partial charge on any atom is -0.456 e. The summed E-state index contributed by atoms with van der Waals surface area (Å²) in [5.41, 5.74) is -2.14. The third-order valence-electron chi connectivity index (χ3n) is 3.71. The fraction of sp³-hybridized carbons (Fsp3) is 0.250. The number of hydrogen-bond acceptors (Lipinski definition) is 6. The average molecular weight is 487 g/mol. The predicted molar refractivity (Wildman–Crippen MR) is 106 cm³/mol. The lowest BCUT2D eigenvalue weighted by Gasteiger charge is -2.21.